The van der Waals surface area contributed by atoms with Gasteiger partial charge < -0.3 is 9.64 Å². The zero-order valence-electron chi connectivity index (χ0n) is 14.4. The Morgan fingerprint density at radius 2 is 2.17 bits per heavy atom. The van der Waals surface area contributed by atoms with Crippen molar-refractivity contribution in [1.29, 1.82) is 0 Å². The Labute approximate surface area is 149 Å². The van der Waals surface area contributed by atoms with Crippen molar-refractivity contribution in [3.63, 3.8) is 0 Å². The quantitative estimate of drug-likeness (QED) is 0.792. The van der Waals surface area contributed by atoms with Gasteiger partial charge in [0.15, 0.2) is 0 Å². The van der Waals surface area contributed by atoms with Crippen molar-refractivity contribution in [3.05, 3.63) is 30.1 Å². The Kier molecular flexibility index (Phi) is 6.97. The monoisotopic (exact) mass is 348 g/mol. The van der Waals surface area contributed by atoms with Gasteiger partial charge in [-0.2, -0.15) is 0 Å². The number of nitrogens with zero attached hydrogens (tertiary/aromatic N) is 2. The third kappa shape index (κ3) is 5.49. The molecule has 0 aliphatic carbocycles. The fourth-order valence-electron chi connectivity index (χ4n) is 3.55. The number of aromatic nitrogens is 1. The molecule has 3 heterocycles. The number of carbonyl (C=O) groups is 1. The number of carbonyl (C=O) groups excluding carboxylic acids is 1. The number of piperidine rings is 1. The molecule has 2 aliphatic heterocycles. The molecule has 3 rings (SSSR count). The van der Waals surface area contributed by atoms with Gasteiger partial charge in [-0.05, 0) is 56.1 Å². The second kappa shape index (κ2) is 9.42. The van der Waals surface area contributed by atoms with E-state index in [4.69, 9.17) is 4.74 Å². The Balaban J connectivity index is 1.32. The van der Waals surface area contributed by atoms with Gasteiger partial charge in [0, 0.05) is 37.8 Å². The summed E-state index contributed by atoms with van der Waals surface area (Å²) in [5, 5.41) is 0. The summed E-state index contributed by atoms with van der Waals surface area (Å²) in [7, 11) is 0. The number of thioether (sulfide) groups is 1. The summed E-state index contributed by atoms with van der Waals surface area (Å²) in [6.07, 6.45) is 11.1. The average molecular weight is 349 g/mol. The van der Waals surface area contributed by atoms with E-state index in [0.29, 0.717) is 23.7 Å². The van der Waals surface area contributed by atoms with Gasteiger partial charge in [0.05, 0.1) is 11.9 Å². The van der Waals surface area contributed by atoms with Crippen molar-refractivity contribution in [2.24, 2.45) is 5.92 Å². The largest absolute Gasteiger partial charge is 0.377 e. The molecule has 0 bridgehead atoms. The van der Waals surface area contributed by atoms with Gasteiger partial charge in [-0.3, -0.25) is 9.78 Å². The summed E-state index contributed by atoms with van der Waals surface area (Å²) in [5.41, 5.74) is 1.31. The van der Waals surface area contributed by atoms with Gasteiger partial charge in [0.1, 0.15) is 0 Å². The molecule has 132 valence electrons. The summed E-state index contributed by atoms with van der Waals surface area (Å²) < 4.78 is 5.73. The Hall–Kier alpha value is -1.07. The lowest BCUT2D eigenvalue weighted by Gasteiger charge is -2.32. The van der Waals surface area contributed by atoms with Crippen LogP contribution in [0, 0.1) is 5.92 Å². The summed E-state index contributed by atoms with van der Waals surface area (Å²) in [6.45, 7) is 2.71. The van der Waals surface area contributed by atoms with Gasteiger partial charge in [0.25, 0.3) is 0 Å². The van der Waals surface area contributed by atoms with Crippen LogP contribution in [-0.2, 0) is 16.0 Å². The third-order valence-corrected chi connectivity index (χ3v) is 6.08. The molecule has 2 fully saturated rings. The second-order valence-electron chi connectivity index (χ2n) is 6.89. The third-order valence-electron chi connectivity index (χ3n) is 5.02. The summed E-state index contributed by atoms with van der Waals surface area (Å²) >= 11 is 1.74. The average Bonchev–Trinajstić information content (AvgIpc) is 2.64. The first-order chi connectivity index (χ1) is 11.8. The van der Waals surface area contributed by atoms with Crippen LogP contribution in [0.3, 0.4) is 0 Å². The highest BCUT2D eigenvalue weighted by Crippen LogP contribution is 2.22. The van der Waals surface area contributed by atoms with Crippen molar-refractivity contribution in [1.82, 2.24) is 9.88 Å². The van der Waals surface area contributed by atoms with Crippen LogP contribution in [0.25, 0.3) is 0 Å². The topological polar surface area (TPSA) is 42.4 Å². The standard InChI is InChI=1S/C19H28N2O2S/c22-19(15-24-14-18-5-1-2-11-23-18)21-9-6-16(7-10-21)12-17-4-3-8-20-13-17/h3-4,8,13,16,18H,1-2,5-7,9-12,14-15H2/t18-/m1/s1. The Morgan fingerprint density at radius 1 is 1.29 bits per heavy atom. The van der Waals surface area contributed by atoms with Crippen molar-refractivity contribution in [2.45, 2.75) is 44.6 Å². The van der Waals surface area contributed by atoms with E-state index in [2.05, 4.69) is 16.0 Å². The molecule has 1 amide bonds. The van der Waals surface area contributed by atoms with E-state index in [0.717, 1.165) is 51.1 Å². The number of likely N-dealkylation sites (tertiary alicyclic amines) is 1. The van der Waals surface area contributed by atoms with E-state index in [-0.39, 0.29) is 0 Å². The molecule has 0 aromatic carbocycles. The van der Waals surface area contributed by atoms with E-state index in [1.54, 1.807) is 11.8 Å². The van der Waals surface area contributed by atoms with Gasteiger partial charge in [-0.15, -0.1) is 11.8 Å². The minimum atomic E-state index is 0.302. The predicted molar refractivity (Wildman–Crippen MR) is 98.2 cm³/mol. The number of ether oxygens (including phenoxy) is 1. The van der Waals surface area contributed by atoms with Crippen LogP contribution in [0.15, 0.2) is 24.5 Å². The summed E-state index contributed by atoms with van der Waals surface area (Å²) in [4.78, 5) is 18.6. The Bertz CT molecular complexity index is 497. The van der Waals surface area contributed by atoms with E-state index in [1.165, 1.54) is 18.4 Å². The minimum Gasteiger partial charge on any atom is -0.377 e. The lowest BCUT2D eigenvalue weighted by molar-refractivity contribution is -0.129. The van der Waals surface area contributed by atoms with E-state index >= 15 is 0 Å². The zero-order valence-corrected chi connectivity index (χ0v) is 15.2. The van der Waals surface area contributed by atoms with Crippen molar-refractivity contribution in [2.75, 3.05) is 31.2 Å². The molecule has 1 aromatic heterocycles. The maximum absolute atomic E-state index is 12.4. The SMILES string of the molecule is O=C(CSC[C@H]1CCCCO1)N1CCC(Cc2cccnc2)CC1. The molecule has 1 aromatic rings. The molecule has 4 nitrogen and oxygen atoms in total. The molecule has 24 heavy (non-hydrogen) atoms. The van der Waals surface area contributed by atoms with E-state index in [9.17, 15) is 4.79 Å². The number of rotatable bonds is 6. The maximum atomic E-state index is 12.4. The van der Waals surface area contributed by atoms with Crippen LogP contribution in [-0.4, -0.2) is 53.1 Å². The van der Waals surface area contributed by atoms with Crippen LogP contribution in [0.4, 0.5) is 0 Å². The van der Waals surface area contributed by atoms with Gasteiger partial charge >= 0.3 is 0 Å². The van der Waals surface area contributed by atoms with Crippen LogP contribution < -0.4 is 0 Å². The molecular formula is C19H28N2O2S. The highest BCUT2D eigenvalue weighted by Gasteiger charge is 2.23. The van der Waals surface area contributed by atoms with Gasteiger partial charge in [0.2, 0.25) is 5.91 Å². The van der Waals surface area contributed by atoms with E-state index in [1.807, 2.05) is 18.5 Å². The van der Waals surface area contributed by atoms with Crippen LogP contribution in [0.2, 0.25) is 0 Å². The molecule has 0 unspecified atom stereocenters. The zero-order chi connectivity index (χ0) is 16.6. The molecule has 2 saturated heterocycles. The lowest BCUT2D eigenvalue weighted by atomic mass is 9.91. The number of hydrogen-bond acceptors (Lipinski definition) is 4. The Morgan fingerprint density at radius 3 is 2.88 bits per heavy atom. The highest BCUT2D eigenvalue weighted by molar-refractivity contribution is 7.99. The molecule has 2 aliphatic rings. The summed E-state index contributed by atoms with van der Waals surface area (Å²) in [5.74, 6) is 2.55. The number of amides is 1. The molecule has 0 spiro atoms. The van der Waals surface area contributed by atoms with Gasteiger partial charge in [-0.25, -0.2) is 0 Å². The first kappa shape index (κ1) is 17.7. The normalized spacial score (nSPS) is 22.5. The lowest BCUT2D eigenvalue weighted by Crippen LogP contribution is -2.40. The number of pyridine rings is 1. The van der Waals surface area contributed by atoms with Crippen molar-refractivity contribution < 1.29 is 9.53 Å². The van der Waals surface area contributed by atoms with Crippen LogP contribution in [0.1, 0.15) is 37.7 Å². The smallest absolute Gasteiger partial charge is 0.232 e. The highest BCUT2D eigenvalue weighted by atomic mass is 32.2. The molecule has 1 atom stereocenters. The maximum Gasteiger partial charge on any atom is 0.232 e. The molecular weight excluding hydrogens is 320 g/mol. The first-order valence-electron chi connectivity index (χ1n) is 9.17. The first-order valence-corrected chi connectivity index (χ1v) is 10.3. The molecule has 5 heteroatoms. The molecule has 0 saturated carbocycles. The van der Waals surface area contributed by atoms with Crippen LogP contribution >= 0.6 is 11.8 Å². The van der Waals surface area contributed by atoms with Crippen molar-refractivity contribution >= 4 is 17.7 Å². The molecule has 0 N–H and O–H groups in total. The predicted octanol–water partition coefficient (Wildman–Crippen LogP) is 3.17. The fourth-order valence-corrected chi connectivity index (χ4v) is 4.55. The molecule has 0 radical (unpaired) electrons. The van der Waals surface area contributed by atoms with Crippen molar-refractivity contribution in [3.8, 4) is 0 Å². The van der Waals surface area contributed by atoms with Crippen LogP contribution in [0.5, 0.6) is 0 Å². The number of hydrogen-bond donors (Lipinski definition) is 0. The van der Waals surface area contributed by atoms with Gasteiger partial charge in [-0.1, -0.05) is 6.07 Å². The second-order valence-corrected chi connectivity index (χ2v) is 7.92. The fraction of sp³-hybridized carbons (Fsp3) is 0.684. The van der Waals surface area contributed by atoms with E-state index < -0.39 is 0 Å². The minimum absolute atomic E-state index is 0.302. The summed E-state index contributed by atoms with van der Waals surface area (Å²) in [6, 6.07) is 4.15.